The summed E-state index contributed by atoms with van der Waals surface area (Å²) in [6.45, 7) is 9.35. The molecule has 25 heavy (non-hydrogen) atoms. The Morgan fingerprint density at radius 3 is 2.44 bits per heavy atom. The number of rotatable bonds is 4. The quantitative estimate of drug-likeness (QED) is 0.716. The van der Waals surface area contributed by atoms with E-state index >= 15 is 0 Å². The Morgan fingerprint density at radius 1 is 1.12 bits per heavy atom. The molecule has 0 heterocycles. The lowest BCUT2D eigenvalue weighted by Crippen LogP contribution is -2.61. The summed E-state index contributed by atoms with van der Waals surface area (Å²) >= 11 is 0. The van der Waals surface area contributed by atoms with Crippen molar-refractivity contribution in [3.05, 3.63) is 0 Å². The molecule has 3 aliphatic rings. The second-order valence-corrected chi connectivity index (χ2v) is 9.15. The van der Waals surface area contributed by atoms with Crippen LogP contribution < -0.4 is 0 Å². The Hall–Kier alpha value is -0.450. The maximum absolute atomic E-state index is 13.2. The third kappa shape index (κ3) is 2.71. The standard InChI is InChI=1S/C21H36O4/c1-13-11-17(25-12-23-5)20(4)14(2)7-9-21(15(3)18(13)22)10-8-16(24-6)19(20)21/h13-17,19H,7-12H2,1-6H3/t13-,14+,15-,16+,17?,19?,20-,21?/m0/s1. The average Bonchev–Trinajstić information content (AvgIpc) is 3.00. The maximum Gasteiger partial charge on any atom is 0.146 e. The highest BCUT2D eigenvalue weighted by Gasteiger charge is 2.66. The second kappa shape index (κ2) is 6.94. The van der Waals surface area contributed by atoms with Crippen LogP contribution in [0.25, 0.3) is 0 Å². The third-order valence-corrected chi connectivity index (χ3v) is 8.39. The highest BCUT2D eigenvalue weighted by Crippen LogP contribution is 2.67. The van der Waals surface area contributed by atoms with Gasteiger partial charge in [0.1, 0.15) is 12.6 Å². The van der Waals surface area contributed by atoms with Crippen molar-refractivity contribution in [2.45, 2.75) is 72.0 Å². The Balaban J connectivity index is 2.12. The van der Waals surface area contributed by atoms with Crippen molar-refractivity contribution in [2.24, 2.45) is 34.5 Å². The number of carbonyl (C=O) groups is 1. The number of methoxy groups -OCH3 is 2. The molecule has 0 aromatic carbocycles. The molecular weight excluding hydrogens is 316 g/mol. The predicted molar refractivity (Wildman–Crippen MR) is 97.2 cm³/mol. The van der Waals surface area contributed by atoms with Gasteiger partial charge < -0.3 is 14.2 Å². The van der Waals surface area contributed by atoms with Crippen LogP contribution >= 0.6 is 0 Å². The highest BCUT2D eigenvalue weighted by molar-refractivity contribution is 5.84. The lowest BCUT2D eigenvalue weighted by Gasteiger charge is -2.61. The molecule has 3 rings (SSSR count). The first-order valence-electron chi connectivity index (χ1n) is 10.00. The van der Waals surface area contributed by atoms with Gasteiger partial charge in [-0.2, -0.15) is 0 Å². The number of hydrogen-bond acceptors (Lipinski definition) is 4. The minimum Gasteiger partial charge on any atom is -0.381 e. The van der Waals surface area contributed by atoms with Gasteiger partial charge >= 0.3 is 0 Å². The van der Waals surface area contributed by atoms with E-state index in [9.17, 15) is 4.79 Å². The first kappa shape index (κ1) is 19.3. The minimum absolute atomic E-state index is 0.0111. The first-order valence-corrected chi connectivity index (χ1v) is 10.00. The SMILES string of the molecule is COCOC1C[C@H](C)C(=O)[C@H](C)C23CC[C@@H](C)[C@]1(C)C2[C@H](OC)CC3. The van der Waals surface area contributed by atoms with Crippen LogP contribution in [0.2, 0.25) is 0 Å². The van der Waals surface area contributed by atoms with Crippen molar-refractivity contribution < 1.29 is 19.0 Å². The molecule has 4 nitrogen and oxygen atoms in total. The Morgan fingerprint density at radius 2 is 1.80 bits per heavy atom. The molecule has 0 aromatic rings. The van der Waals surface area contributed by atoms with E-state index in [-0.39, 0.29) is 34.9 Å². The molecular formula is C21H36O4. The maximum atomic E-state index is 13.2. The predicted octanol–water partition coefficient (Wildman–Crippen LogP) is 4.07. The molecule has 3 saturated carbocycles. The van der Waals surface area contributed by atoms with Crippen LogP contribution in [0, 0.1) is 34.5 Å². The third-order valence-electron chi connectivity index (χ3n) is 8.39. The summed E-state index contributed by atoms with van der Waals surface area (Å²) in [7, 11) is 3.51. The van der Waals surface area contributed by atoms with Crippen LogP contribution in [0.1, 0.15) is 59.8 Å². The van der Waals surface area contributed by atoms with E-state index in [2.05, 4.69) is 27.7 Å². The average molecular weight is 353 g/mol. The van der Waals surface area contributed by atoms with Crippen LogP contribution in [0.3, 0.4) is 0 Å². The van der Waals surface area contributed by atoms with Gasteiger partial charge in [-0.25, -0.2) is 0 Å². The van der Waals surface area contributed by atoms with Crippen molar-refractivity contribution >= 4 is 5.78 Å². The zero-order chi connectivity index (χ0) is 18.4. The molecule has 144 valence electrons. The Labute approximate surface area is 153 Å². The fourth-order valence-electron chi connectivity index (χ4n) is 6.78. The summed E-state index contributed by atoms with van der Waals surface area (Å²) in [5.74, 6) is 1.51. The number of ether oxygens (including phenoxy) is 3. The van der Waals surface area contributed by atoms with Crippen LogP contribution in [0.5, 0.6) is 0 Å². The summed E-state index contributed by atoms with van der Waals surface area (Å²) in [5.41, 5.74) is 0.0829. The van der Waals surface area contributed by atoms with Crippen LogP contribution in [0.15, 0.2) is 0 Å². The molecule has 0 aromatic heterocycles. The number of carbonyl (C=O) groups excluding carboxylic acids is 1. The van der Waals surface area contributed by atoms with Crippen molar-refractivity contribution in [1.29, 1.82) is 0 Å². The zero-order valence-electron chi connectivity index (χ0n) is 16.8. The molecule has 4 heteroatoms. The molecule has 3 fully saturated rings. The van der Waals surface area contributed by atoms with E-state index in [1.54, 1.807) is 7.11 Å². The molecule has 0 radical (unpaired) electrons. The summed E-state index contributed by atoms with van der Waals surface area (Å²) < 4.78 is 17.5. The molecule has 0 spiro atoms. The zero-order valence-corrected chi connectivity index (χ0v) is 16.8. The molecule has 0 saturated heterocycles. The van der Waals surface area contributed by atoms with Gasteiger partial charge in [-0.1, -0.05) is 27.7 Å². The van der Waals surface area contributed by atoms with E-state index in [0.29, 0.717) is 24.4 Å². The monoisotopic (exact) mass is 352 g/mol. The number of hydrogen-bond donors (Lipinski definition) is 0. The van der Waals surface area contributed by atoms with Crippen molar-refractivity contribution in [2.75, 3.05) is 21.0 Å². The van der Waals surface area contributed by atoms with E-state index < -0.39 is 0 Å². The summed E-state index contributed by atoms with van der Waals surface area (Å²) in [6, 6.07) is 0. The van der Waals surface area contributed by atoms with Crippen LogP contribution in [-0.4, -0.2) is 39.0 Å². The summed E-state index contributed by atoms with van der Waals surface area (Å²) in [6.07, 6.45) is 5.53. The largest absolute Gasteiger partial charge is 0.381 e. The van der Waals surface area contributed by atoms with Gasteiger partial charge in [0.15, 0.2) is 0 Å². The van der Waals surface area contributed by atoms with E-state index in [1.807, 2.05) is 7.11 Å². The normalized spacial score (nSPS) is 50.2. The topological polar surface area (TPSA) is 44.8 Å². The summed E-state index contributed by atoms with van der Waals surface area (Å²) in [4.78, 5) is 13.2. The highest BCUT2D eigenvalue weighted by atomic mass is 16.7. The lowest BCUT2D eigenvalue weighted by molar-refractivity contribution is -0.213. The lowest BCUT2D eigenvalue weighted by atomic mass is 9.45. The fraction of sp³-hybridized carbons (Fsp3) is 0.952. The van der Waals surface area contributed by atoms with Gasteiger partial charge in [0.2, 0.25) is 0 Å². The molecule has 3 aliphatic carbocycles. The molecule has 2 bridgehead atoms. The van der Waals surface area contributed by atoms with Gasteiger partial charge in [-0.15, -0.1) is 0 Å². The number of Topliss-reactive ketones (excluding diaryl/α,β-unsaturated/α-hetero) is 1. The van der Waals surface area contributed by atoms with E-state index in [1.165, 1.54) is 6.42 Å². The van der Waals surface area contributed by atoms with Gasteiger partial charge in [0.05, 0.1) is 12.2 Å². The van der Waals surface area contributed by atoms with Gasteiger partial charge in [-0.05, 0) is 49.4 Å². The Bertz CT molecular complexity index is 506. The fourth-order valence-corrected chi connectivity index (χ4v) is 6.78. The van der Waals surface area contributed by atoms with Gasteiger partial charge in [-0.3, -0.25) is 4.79 Å². The van der Waals surface area contributed by atoms with Crippen LogP contribution in [0.4, 0.5) is 0 Å². The van der Waals surface area contributed by atoms with E-state index in [4.69, 9.17) is 14.2 Å². The smallest absolute Gasteiger partial charge is 0.146 e. The molecule has 3 unspecified atom stereocenters. The first-order chi connectivity index (χ1) is 11.8. The second-order valence-electron chi connectivity index (χ2n) is 9.15. The molecule has 0 aliphatic heterocycles. The molecule has 8 atom stereocenters. The number of ketones is 1. The van der Waals surface area contributed by atoms with Gasteiger partial charge in [0.25, 0.3) is 0 Å². The van der Waals surface area contributed by atoms with Crippen molar-refractivity contribution in [3.63, 3.8) is 0 Å². The molecule has 0 N–H and O–H groups in total. The van der Waals surface area contributed by atoms with Gasteiger partial charge in [0, 0.05) is 31.5 Å². The minimum atomic E-state index is 0.0111. The molecule has 0 amide bonds. The van der Waals surface area contributed by atoms with Crippen molar-refractivity contribution in [1.82, 2.24) is 0 Å². The van der Waals surface area contributed by atoms with Crippen LogP contribution in [-0.2, 0) is 19.0 Å². The Kier molecular flexibility index (Phi) is 5.36. The van der Waals surface area contributed by atoms with E-state index in [0.717, 1.165) is 25.7 Å². The summed E-state index contributed by atoms with van der Waals surface area (Å²) in [5, 5.41) is 0. The van der Waals surface area contributed by atoms with Crippen molar-refractivity contribution in [3.8, 4) is 0 Å².